The lowest BCUT2D eigenvalue weighted by molar-refractivity contribution is 0.0927. The molecule has 1 aromatic carbocycles. The molecule has 0 radical (unpaired) electrons. The first-order chi connectivity index (χ1) is 9.56. The van der Waals surface area contributed by atoms with Gasteiger partial charge in [0.2, 0.25) is 0 Å². The number of hydrogen-bond acceptors (Lipinski definition) is 3. The first kappa shape index (κ1) is 14.7. The Hall–Kier alpha value is -1.71. The van der Waals surface area contributed by atoms with Crippen molar-refractivity contribution in [2.45, 2.75) is 39.2 Å². The molecule has 0 aromatic heterocycles. The number of rotatable bonds is 4. The van der Waals surface area contributed by atoms with E-state index in [-0.39, 0.29) is 11.9 Å². The zero-order valence-corrected chi connectivity index (χ0v) is 12.5. The molecule has 3 N–H and O–H groups in total. The maximum absolute atomic E-state index is 12.4. The summed E-state index contributed by atoms with van der Waals surface area (Å²) in [7, 11) is 1.58. The van der Waals surface area contributed by atoms with Gasteiger partial charge in [0.15, 0.2) is 0 Å². The molecule has 1 aliphatic rings. The molecule has 1 aromatic rings. The van der Waals surface area contributed by atoms with Gasteiger partial charge in [-0.05, 0) is 42.9 Å². The second-order valence-electron chi connectivity index (χ2n) is 5.64. The summed E-state index contributed by atoms with van der Waals surface area (Å²) in [6.45, 7) is 4.44. The largest absolute Gasteiger partial charge is 0.497 e. The number of carbonyl (C=O) groups excluding carboxylic acids is 1. The van der Waals surface area contributed by atoms with Crippen LogP contribution in [0.3, 0.4) is 0 Å². The van der Waals surface area contributed by atoms with Crippen molar-refractivity contribution in [2.24, 2.45) is 11.8 Å². The molecule has 0 bridgehead atoms. The predicted octanol–water partition coefficient (Wildman–Crippen LogP) is 2.83. The number of amides is 1. The van der Waals surface area contributed by atoms with E-state index in [1.807, 2.05) is 0 Å². The molecule has 1 amide bonds. The van der Waals surface area contributed by atoms with Gasteiger partial charge in [0.05, 0.1) is 12.7 Å². The van der Waals surface area contributed by atoms with Crippen LogP contribution in [0.5, 0.6) is 5.75 Å². The molecule has 0 spiro atoms. The molecule has 0 aliphatic heterocycles. The van der Waals surface area contributed by atoms with Crippen molar-refractivity contribution in [3.05, 3.63) is 23.8 Å². The number of methoxy groups -OCH3 is 1. The van der Waals surface area contributed by atoms with Gasteiger partial charge in [0.1, 0.15) is 5.75 Å². The maximum Gasteiger partial charge on any atom is 0.253 e. The highest BCUT2D eigenvalue weighted by atomic mass is 16.5. The number of nitrogen functional groups attached to an aromatic ring is 1. The van der Waals surface area contributed by atoms with Crippen LogP contribution in [0.1, 0.15) is 43.5 Å². The standard InChI is InChI=1S/C16H24N2O2/c1-4-11-5-8-15(10(11)2)18-16(19)13-9-12(20-3)6-7-14(13)17/h6-7,9-11,15H,4-5,8,17H2,1-3H3,(H,18,19). The van der Waals surface area contributed by atoms with Gasteiger partial charge in [-0.1, -0.05) is 20.3 Å². The highest BCUT2D eigenvalue weighted by Crippen LogP contribution is 2.34. The minimum Gasteiger partial charge on any atom is -0.497 e. The van der Waals surface area contributed by atoms with Crippen molar-refractivity contribution in [2.75, 3.05) is 12.8 Å². The fourth-order valence-electron chi connectivity index (χ4n) is 3.13. The van der Waals surface area contributed by atoms with E-state index in [1.165, 1.54) is 12.8 Å². The zero-order valence-electron chi connectivity index (χ0n) is 12.5. The van der Waals surface area contributed by atoms with Gasteiger partial charge in [-0.2, -0.15) is 0 Å². The third-order valence-electron chi connectivity index (χ3n) is 4.57. The summed E-state index contributed by atoms with van der Waals surface area (Å²) in [6, 6.07) is 5.41. The monoisotopic (exact) mass is 276 g/mol. The normalized spacial score (nSPS) is 25.4. The molecular weight excluding hydrogens is 252 g/mol. The van der Waals surface area contributed by atoms with E-state index in [9.17, 15) is 4.79 Å². The summed E-state index contributed by atoms with van der Waals surface area (Å²) in [5.41, 5.74) is 6.87. The van der Waals surface area contributed by atoms with E-state index >= 15 is 0 Å². The molecule has 1 aliphatic carbocycles. The van der Waals surface area contributed by atoms with E-state index in [1.54, 1.807) is 25.3 Å². The summed E-state index contributed by atoms with van der Waals surface area (Å²) in [5, 5.41) is 3.13. The highest BCUT2D eigenvalue weighted by molar-refractivity contribution is 5.99. The van der Waals surface area contributed by atoms with Crippen LogP contribution in [0.2, 0.25) is 0 Å². The molecule has 0 saturated heterocycles. The van der Waals surface area contributed by atoms with Gasteiger partial charge in [-0.3, -0.25) is 4.79 Å². The minimum absolute atomic E-state index is 0.102. The van der Waals surface area contributed by atoms with Crippen LogP contribution in [0.15, 0.2) is 18.2 Å². The zero-order chi connectivity index (χ0) is 14.7. The Labute approximate surface area is 120 Å². The number of anilines is 1. The Bertz CT molecular complexity index is 487. The van der Waals surface area contributed by atoms with Gasteiger partial charge in [-0.25, -0.2) is 0 Å². The Balaban J connectivity index is 2.09. The van der Waals surface area contributed by atoms with Crippen molar-refractivity contribution in [3.8, 4) is 5.75 Å². The Morgan fingerprint density at radius 2 is 2.20 bits per heavy atom. The lowest BCUT2D eigenvalue weighted by atomic mass is 9.93. The number of ether oxygens (including phenoxy) is 1. The van der Waals surface area contributed by atoms with Crippen LogP contribution in [-0.2, 0) is 0 Å². The van der Waals surface area contributed by atoms with Gasteiger partial charge in [-0.15, -0.1) is 0 Å². The molecule has 110 valence electrons. The van der Waals surface area contributed by atoms with Crippen molar-refractivity contribution in [1.29, 1.82) is 0 Å². The third-order valence-corrected chi connectivity index (χ3v) is 4.57. The van der Waals surface area contributed by atoms with E-state index in [2.05, 4.69) is 19.2 Å². The predicted molar refractivity (Wildman–Crippen MR) is 80.8 cm³/mol. The van der Waals surface area contributed by atoms with Crippen molar-refractivity contribution < 1.29 is 9.53 Å². The number of benzene rings is 1. The van der Waals surface area contributed by atoms with Gasteiger partial charge >= 0.3 is 0 Å². The molecule has 3 atom stereocenters. The smallest absolute Gasteiger partial charge is 0.253 e. The summed E-state index contributed by atoms with van der Waals surface area (Å²) in [6.07, 6.45) is 3.42. The fraction of sp³-hybridized carbons (Fsp3) is 0.562. The molecule has 4 nitrogen and oxygen atoms in total. The minimum atomic E-state index is -0.102. The highest BCUT2D eigenvalue weighted by Gasteiger charge is 2.32. The molecule has 1 saturated carbocycles. The third kappa shape index (κ3) is 2.89. The lowest BCUT2D eigenvalue weighted by Gasteiger charge is -2.21. The molecular formula is C16H24N2O2. The second kappa shape index (κ2) is 6.16. The quantitative estimate of drug-likeness (QED) is 0.831. The summed E-state index contributed by atoms with van der Waals surface area (Å²) >= 11 is 0. The topological polar surface area (TPSA) is 64.3 Å². The first-order valence-corrected chi connectivity index (χ1v) is 7.31. The molecule has 20 heavy (non-hydrogen) atoms. The van der Waals surface area contributed by atoms with E-state index in [0.717, 1.165) is 6.42 Å². The maximum atomic E-state index is 12.4. The van der Waals surface area contributed by atoms with Gasteiger partial charge < -0.3 is 15.8 Å². The van der Waals surface area contributed by atoms with Crippen molar-refractivity contribution in [1.82, 2.24) is 5.32 Å². The summed E-state index contributed by atoms with van der Waals surface area (Å²) < 4.78 is 5.15. The number of nitrogens with two attached hydrogens (primary N) is 1. The Morgan fingerprint density at radius 3 is 2.80 bits per heavy atom. The summed E-state index contributed by atoms with van der Waals surface area (Å²) in [4.78, 5) is 12.4. The van der Waals surface area contributed by atoms with Crippen molar-refractivity contribution in [3.63, 3.8) is 0 Å². The summed E-state index contributed by atoms with van der Waals surface area (Å²) in [5.74, 6) is 1.78. The van der Waals surface area contributed by atoms with Crippen molar-refractivity contribution >= 4 is 11.6 Å². The Kier molecular flexibility index (Phi) is 4.53. The van der Waals surface area contributed by atoms with Crippen LogP contribution >= 0.6 is 0 Å². The van der Waals surface area contributed by atoms with Crippen LogP contribution in [0, 0.1) is 11.8 Å². The average molecular weight is 276 g/mol. The molecule has 4 heteroatoms. The molecule has 1 fully saturated rings. The Morgan fingerprint density at radius 1 is 1.45 bits per heavy atom. The van der Waals surface area contributed by atoms with E-state index < -0.39 is 0 Å². The average Bonchev–Trinajstić information content (AvgIpc) is 2.80. The van der Waals surface area contributed by atoms with Crippen LogP contribution in [0.4, 0.5) is 5.69 Å². The van der Waals surface area contributed by atoms with Crippen LogP contribution in [0.25, 0.3) is 0 Å². The fourth-order valence-corrected chi connectivity index (χ4v) is 3.13. The number of nitrogens with one attached hydrogen (secondary N) is 1. The van der Waals surface area contributed by atoms with Crippen LogP contribution in [-0.4, -0.2) is 19.1 Å². The number of carbonyl (C=O) groups is 1. The molecule has 2 rings (SSSR count). The van der Waals surface area contributed by atoms with E-state index in [4.69, 9.17) is 10.5 Å². The second-order valence-corrected chi connectivity index (χ2v) is 5.64. The van der Waals surface area contributed by atoms with E-state index in [0.29, 0.717) is 28.8 Å². The van der Waals surface area contributed by atoms with Gasteiger partial charge in [0.25, 0.3) is 5.91 Å². The molecule has 3 unspecified atom stereocenters. The molecule has 0 heterocycles. The SMILES string of the molecule is CCC1CCC(NC(=O)c2cc(OC)ccc2N)C1C. The van der Waals surface area contributed by atoms with Gasteiger partial charge in [0, 0.05) is 11.7 Å². The first-order valence-electron chi connectivity index (χ1n) is 7.31. The number of hydrogen-bond donors (Lipinski definition) is 2. The van der Waals surface area contributed by atoms with Crippen LogP contribution < -0.4 is 15.8 Å². The lowest BCUT2D eigenvalue weighted by Crippen LogP contribution is -2.37.